The summed E-state index contributed by atoms with van der Waals surface area (Å²) in [4.78, 5) is 71.3. The molecule has 1 rings (SSSR count). The van der Waals surface area contributed by atoms with Crippen molar-refractivity contribution in [1.82, 2.24) is 20.9 Å². The fourth-order valence-electron chi connectivity index (χ4n) is 3.61. The van der Waals surface area contributed by atoms with Crippen LogP contribution in [0.5, 0.6) is 0 Å². The summed E-state index contributed by atoms with van der Waals surface area (Å²) in [5, 5.41) is 11.5. The van der Waals surface area contributed by atoms with Gasteiger partial charge < -0.3 is 36.6 Å². The lowest BCUT2D eigenvalue weighted by atomic mass is 10.0. The molecule has 0 bridgehead atoms. The van der Waals surface area contributed by atoms with Crippen LogP contribution in [0.4, 0.5) is 10.5 Å². The standard InChI is InChI=1S/C28H45N5O6.2C2H6.CH3NO/c1-7-9-24(35)32-25(19(2)3)27(37)31-23(10-8-16-29-5)26(36)30-22-13-11-21(12-14-22)18-39-28(38)33(6)17-15-20(4)34;2*1-2;2-1-3/h11-14,19,23,25,29H,7-10,15-18H2,1-6H3,(H,30,36)(H,31,37)(H,32,35);2*1-2H3;1H,(H2,2,3)/t23-,25?;;;/m0.../s1. The van der Waals surface area contributed by atoms with E-state index in [-0.39, 0.29) is 49.5 Å². The van der Waals surface area contributed by atoms with E-state index in [0.717, 1.165) is 5.56 Å². The Labute approximate surface area is 276 Å². The Morgan fingerprint density at radius 2 is 1.52 bits per heavy atom. The number of nitrogens with zero attached hydrogens (tertiary/aromatic N) is 1. The number of benzene rings is 1. The van der Waals surface area contributed by atoms with Gasteiger partial charge in [-0.25, -0.2) is 4.79 Å². The van der Waals surface area contributed by atoms with Gasteiger partial charge in [-0.3, -0.25) is 24.0 Å². The number of amides is 5. The lowest BCUT2D eigenvalue weighted by molar-refractivity contribution is -0.132. The highest BCUT2D eigenvalue weighted by atomic mass is 16.6. The quantitative estimate of drug-likeness (QED) is 0.124. The number of hydrogen-bond donors (Lipinski definition) is 5. The van der Waals surface area contributed by atoms with Crippen molar-refractivity contribution in [3.05, 3.63) is 29.8 Å². The van der Waals surface area contributed by atoms with Crippen LogP contribution in [0.3, 0.4) is 0 Å². The fourth-order valence-corrected chi connectivity index (χ4v) is 3.61. The Bertz CT molecular complexity index is 1000. The van der Waals surface area contributed by atoms with Gasteiger partial charge in [-0.2, -0.15) is 0 Å². The average molecular weight is 653 g/mol. The van der Waals surface area contributed by atoms with Crippen LogP contribution in [0.25, 0.3) is 0 Å². The Balaban J connectivity index is -0.00000244. The number of hydrogen-bond acceptors (Lipinski definition) is 8. The van der Waals surface area contributed by atoms with Gasteiger partial charge in [0.1, 0.15) is 24.5 Å². The van der Waals surface area contributed by atoms with Crippen molar-refractivity contribution in [2.24, 2.45) is 11.7 Å². The summed E-state index contributed by atoms with van der Waals surface area (Å²) in [7, 11) is 3.38. The predicted octanol–water partition coefficient (Wildman–Crippen LogP) is 3.75. The van der Waals surface area contributed by atoms with Gasteiger partial charge in [-0.15, -0.1) is 0 Å². The number of nitrogens with one attached hydrogen (secondary N) is 4. The maximum absolute atomic E-state index is 13.1. The second kappa shape index (κ2) is 29.7. The maximum atomic E-state index is 13.1. The third kappa shape index (κ3) is 22.5. The van der Waals surface area contributed by atoms with E-state index in [1.807, 2.05) is 55.5 Å². The largest absolute Gasteiger partial charge is 0.445 e. The molecular formula is C33H60N6O7. The number of nitrogens with two attached hydrogens (primary N) is 1. The van der Waals surface area contributed by atoms with Gasteiger partial charge >= 0.3 is 6.09 Å². The van der Waals surface area contributed by atoms with E-state index in [1.54, 1.807) is 31.3 Å². The molecule has 0 aliphatic rings. The smallest absolute Gasteiger partial charge is 0.409 e. The predicted molar refractivity (Wildman–Crippen MR) is 183 cm³/mol. The first-order valence-corrected chi connectivity index (χ1v) is 16.1. The van der Waals surface area contributed by atoms with Gasteiger partial charge in [0, 0.05) is 32.1 Å². The van der Waals surface area contributed by atoms with Crippen LogP contribution in [-0.2, 0) is 35.3 Å². The van der Waals surface area contributed by atoms with E-state index >= 15 is 0 Å². The Morgan fingerprint density at radius 3 is 2.00 bits per heavy atom. The number of primary amides is 1. The van der Waals surface area contributed by atoms with E-state index in [4.69, 9.17) is 9.53 Å². The molecule has 0 aliphatic heterocycles. The SMILES string of the molecule is CC.CC.CCCC(=O)NC(C(=O)N[C@@H](CCCNC)C(=O)Nc1ccc(COC(=O)N(C)CCC(C)=O)cc1)C(C)C.NC=O. The molecule has 1 aromatic carbocycles. The summed E-state index contributed by atoms with van der Waals surface area (Å²) < 4.78 is 5.27. The number of ketones is 1. The molecule has 0 aromatic heterocycles. The van der Waals surface area contributed by atoms with Gasteiger partial charge in [0.25, 0.3) is 0 Å². The van der Waals surface area contributed by atoms with Crippen LogP contribution in [0.15, 0.2) is 24.3 Å². The van der Waals surface area contributed by atoms with E-state index in [0.29, 0.717) is 37.9 Å². The molecule has 0 saturated heterocycles. The van der Waals surface area contributed by atoms with Crippen molar-refractivity contribution in [2.75, 3.05) is 32.5 Å². The molecule has 0 spiro atoms. The monoisotopic (exact) mass is 652 g/mol. The van der Waals surface area contributed by atoms with Gasteiger partial charge in [0.2, 0.25) is 24.1 Å². The van der Waals surface area contributed by atoms with E-state index in [1.165, 1.54) is 11.8 Å². The third-order valence-corrected chi connectivity index (χ3v) is 5.99. The molecular weight excluding hydrogens is 592 g/mol. The second-order valence-corrected chi connectivity index (χ2v) is 10.1. The van der Waals surface area contributed by atoms with Crippen LogP contribution in [0, 0.1) is 5.92 Å². The average Bonchev–Trinajstić information content (AvgIpc) is 3.03. The minimum atomic E-state index is -0.790. The number of Topliss-reactive ketones (excluding diaryl/α,β-unsaturated/α-hetero) is 1. The van der Waals surface area contributed by atoms with Crippen molar-refractivity contribution in [1.29, 1.82) is 0 Å². The molecule has 0 heterocycles. The van der Waals surface area contributed by atoms with Crippen LogP contribution in [-0.4, -0.2) is 80.2 Å². The zero-order valence-corrected chi connectivity index (χ0v) is 29.7. The lowest BCUT2D eigenvalue weighted by Gasteiger charge is -2.25. The Kier molecular flexibility index (Phi) is 30.0. The van der Waals surface area contributed by atoms with Crippen molar-refractivity contribution < 1.29 is 33.5 Å². The molecule has 1 aromatic rings. The molecule has 0 saturated carbocycles. The number of anilines is 1. The molecule has 0 aliphatic carbocycles. The molecule has 46 heavy (non-hydrogen) atoms. The minimum absolute atomic E-state index is 0.00500. The number of rotatable bonds is 17. The van der Waals surface area contributed by atoms with Gasteiger partial charge in [-0.1, -0.05) is 60.6 Å². The van der Waals surface area contributed by atoms with E-state index in [9.17, 15) is 24.0 Å². The molecule has 0 radical (unpaired) electrons. The van der Waals surface area contributed by atoms with Crippen LogP contribution in [0.2, 0.25) is 0 Å². The summed E-state index contributed by atoms with van der Waals surface area (Å²) in [6.07, 6.45) is 2.06. The molecule has 13 heteroatoms. The number of carbonyl (C=O) groups is 6. The second-order valence-electron chi connectivity index (χ2n) is 10.1. The third-order valence-electron chi connectivity index (χ3n) is 5.99. The molecule has 1 unspecified atom stereocenters. The topological polar surface area (TPSA) is 189 Å². The summed E-state index contributed by atoms with van der Waals surface area (Å²) in [5.74, 6) is -1.12. The van der Waals surface area contributed by atoms with Gasteiger partial charge in [-0.05, 0) is 63.4 Å². The van der Waals surface area contributed by atoms with Crippen LogP contribution >= 0.6 is 0 Å². The summed E-state index contributed by atoms with van der Waals surface area (Å²) in [5.41, 5.74) is 5.42. The molecule has 6 N–H and O–H groups in total. The highest BCUT2D eigenvalue weighted by Gasteiger charge is 2.28. The zero-order chi connectivity index (χ0) is 36.1. The van der Waals surface area contributed by atoms with E-state index < -0.39 is 24.1 Å². The minimum Gasteiger partial charge on any atom is -0.445 e. The molecule has 0 fully saturated rings. The first-order chi connectivity index (χ1) is 21.9. The first kappa shape index (κ1) is 46.4. The highest BCUT2D eigenvalue weighted by molar-refractivity contribution is 5.98. The summed E-state index contributed by atoms with van der Waals surface area (Å²) in [6, 6.07) is 5.30. The molecule has 2 atom stereocenters. The Hall–Kier alpha value is -4.00. The van der Waals surface area contributed by atoms with Crippen molar-refractivity contribution >= 4 is 41.7 Å². The molecule has 264 valence electrons. The number of carbonyl (C=O) groups excluding carboxylic acids is 6. The fraction of sp³-hybridized carbons (Fsp3) is 0.636. The zero-order valence-electron chi connectivity index (χ0n) is 29.7. The van der Waals surface area contributed by atoms with E-state index in [2.05, 4.69) is 27.0 Å². The van der Waals surface area contributed by atoms with Gasteiger partial charge in [0.15, 0.2) is 0 Å². The molecule has 5 amide bonds. The van der Waals surface area contributed by atoms with Crippen molar-refractivity contribution in [3.8, 4) is 0 Å². The maximum Gasteiger partial charge on any atom is 0.409 e. The summed E-state index contributed by atoms with van der Waals surface area (Å²) in [6.45, 7) is 16.1. The summed E-state index contributed by atoms with van der Waals surface area (Å²) >= 11 is 0. The lowest BCUT2D eigenvalue weighted by Crippen LogP contribution is -2.54. The molecule has 13 nitrogen and oxygen atoms in total. The number of ether oxygens (including phenoxy) is 1. The van der Waals surface area contributed by atoms with Crippen LogP contribution in [0.1, 0.15) is 93.1 Å². The Morgan fingerprint density at radius 1 is 0.957 bits per heavy atom. The van der Waals surface area contributed by atoms with Crippen molar-refractivity contribution in [3.63, 3.8) is 0 Å². The van der Waals surface area contributed by atoms with Gasteiger partial charge in [0.05, 0.1) is 0 Å². The highest BCUT2D eigenvalue weighted by Crippen LogP contribution is 2.13. The normalized spacial score (nSPS) is 10.9. The van der Waals surface area contributed by atoms with Crippen LogP contribution < -0.4 is 27.0 Å². The van der Waals surface area contributed by atoms with Crippen molar-refractivity contribution in [2.45, 2.75) is 106 Å². The first-order valence-electron chi connectivity index (χ1n) is 16.1.